The van der Waals surface area contributed by atoms with Crippen molar-refractivity contribution >= 4 is 5.91 Å². The summed E-state index contributed by atoms with van der Waals surface area (Å²) in [7, 11) is 0. The lowest BCUT2D eigenvalue weighted by Gasteiger charge is -2.30. The minimum atomic E-state index is -0.869. The van der Waals surface area contributed by atoms with Crippen molar-refractivity contribution in [2.24, 2.45) is 5.41 Å². The Morgan fingerprint density at radius 2 is 2.06 bits per heavy atom. The molecule has 1 aliphatic heterocycles. The first kappa shape index (κ1) is 14.2. The number of rotatable bonds is 4. The second-order valence-corrected chi connectivity index (χ2v) is 5.63. The van der Waals surface area contributed by atoms with Crippen LogP contribution in [-0.4, -0.2) is 36.4 Å². The van der Waals surface area contributed by atoms with Gasteiger partial charge in [-0.3, -0.25) is 4.79 Å². The van der Waals surface area contributed by atoms with E-state index < -0.39 is 5.60 Å². The van der Waals surface area contributed by atoms with Crippen molar-refractivity contribution < 1.29 is 14.6 Å². The van der Waals surface area contributed by atoms with Crippen molar-refractivity contribution in [3.63, 3.8) is 0 Å². The van der Waals surface area contributed by atoms with Gasteiger partial charge in [-0.15, -0.1) is 0 Å². The maximum Gasteiger partial charge on any atom is 0.243 e. The number of carbonyl (C=O) groups is 1. The summed E-state index contributed by atoms with van der Waals surface area (Å²) >= 11 is 0. The Hall–Kier alpha value is -0.870. The van der Waals surface area contributed by atoms with Gasteiger partial charge in [0.2, 0.25) is 5.91 Å². The molecule has 98 valence electrons. The maximum atomic E-state index is 11.5. The van der Waals surface area contributed by atoms with Crippen LogP contribution in [0.2, 0.25) is 0 Å². The molecule has 1 fully saturated rings. The summed E-state index contributed by atoms with van der Waals surface area (Å²) in [6, 6.07) is 0. The summed E-state index contributed by atoms with van der Waals surface area (Å²) in [5.74, 6) is -0.153. The van der Waals surface area contributed by atoms with Crippen molar-refractivity contribution in [3.8, 4) is 0 Å². The van der Waals surface area contributed by atoms with Gasteiger partial charge in [0.25, 0.3) is 0 Å². The van der Waals surface area contributed by atoms with E-state index in [-0.39, 0.29) is 17.9 Å². The van der Waals surface area contributed by atoms with Crippen LogP contribution >= 0.6 is 0 Å². The van der Waals surface area contributed by atoms with Crippen LogP contribution in [-0.2, 0) is 9.53 Å². The van der Waals surface area contributed by atoms with E-state index in [4.69, 9.17) is 4.74 Å². The molecule has 1 heterocycles. The van der Waals surface area contributed by atoms with Gasteiger partial charge in [0, 0.05) is 19.8 Å². The third-order valence-electron chi connectivity index (χ3n) is 2.97. The predicted molar refractivity (Wildman–Crippen MR) is 66.6 cm³/mol. The van der Waals surface area contributed by atoms with Crippen molar-refractivity contribution in [3.05, 3.63) is 12.2 Å². The van der Waals surface area contributed by atoms with Gasteiger partial charge in [-0.25, -0.2) is 0 Å². The predicted octanol–water partition coefficient (Wildman–Crippen LogP) is 1.25. The van der Waals surface area contributed by atoms with Crippen molar-refractivity contribution in [1.82, 2.24) is 5.32 Å². The second-order valence-electron chi connectivity index (χ2n) is 5.63. The third kappa shape index (κ3) is 5.84. The Kier molecular flexibility index (Phi) is 4.71. The fraction of sp³-hybridized carbons (Fsp3) is 0.769. The topological polar surface area (TPSA) is 58.6 Å². The Morgan fingerprint density at radius 3 is 2.59 bits per heavy atom. The van der Waals surface area contributed by atoms with E-state index in [1.807, 2.05) is 6.08 Å². The van der Waals surface area contributed by atoms with Crippen LogP contribution in [0.25, 0.3) is 0 Å². The smallest absolute Gasteiger partial charge is 0.243 e. The van der Waals surface area contributed by atoms with E-state index in [9.17, 15) is 9.90 Å². The summed E-state index contributed by atoms with van der Waals surface area (Å²) in [4.78, 5) is 11.5. The Balaban J connectivity index is 2.39. The molecule has 0 saturated carbocycles. The molecule has 4 nitrogen and oxygen atoms in total. The van der Waals surface area contributed by atoms with Gasteiger partial charge in [-0.05, 0) is 38.2 Å². The zero-order valence-corrected chi connectivity index (χ0v) is 11.0. The number of ether oxygens (including phenoxy) is 1. The quantitative estimate of drug-likeness (QED) is 0.728. The van der Waals surface area contributed by atoms with Crippen molar-refractivity contribution in [1.29, 1.82) is 0 Å². The summed E-state index contributed by atoms with van der Waals surface area (Å²) < 4.78 is 5.30. The van der Waals surface area contributed by atoms with E-state index >= 15 is 0 Å². The van der Waals surface area contributed by atoms with Gasteiger partial charge in [0.05, 0.1) is 5.60 Å². The summed E-state index contributed by atoms with van der Waals surface area (Å²) in [6.07, 6.45) is 5.41. The van der Waals surface area contributed by atoms with Gasteiger partial charge < -0.3 is 15.2 Å². The summed E-state index contributed by atoms with van der Waals surface area (Å²) in [5.41, 5.74) is -0.809. The Labute approximate surface area is 103 Å². The lowest BCUT2D eigenvalue weighted by atomic mass is 9.82. The number of nitrogens with one attached hydrogen (secondary N) is 1. The fourth-order valence-electron chi connectivity index (χ4n) is 1.64. The van der Waals surface area contributed by atoms with Crippen LogP contribution in [0, 0.1) is 5.41 Å². The number of carbonyl (C=O) groups excluding carboxylic acids is 1. The van der Waals surface area contributed by atoms with Gasteiger partial charge in [-0.1, -0.05) is 13.0 Å². The van der Waals surface area contributed by atoms with Gasteiger partial charge >= 0.3 is 0 Å². The molecule has 0 aromatic heterocycles. The molecule has 0 unspecified atom stereocenters. The molecule has 0 aromatic carbocycles. The highest BCUT2D eigenvalue weighted by Gasteiger charge is 2.24. The Morgan fingerprint density at radius 1 is 1.47 bits per heavy atom. The van der Waals surface area contributed by atoms with E-state index in [1.165, 1.54) is 0 Å². The molecule has 2 N–H and O–H groups in total. The number of aliphatic hydroxyl groups is 1. The van der Waals surface area contributed by atoms with E-state index in [1.54, 1.807) is 19.9 Å². The lowest BCUT2D eigenvalue weighted by Crippen LogP contribution is -2.37. The average Bonchev–Trinajstić information content (AvgIpc) is 2.24. The second kappa shape index (κ2) is 5.65. The zero-order valence-electron chi connectivity index (χ0n) is 11.0. The highest BCUT2D eigenvalue weighted by Crippen LogP contribution is 2.30. The largest absolute Gasteiger partial charge is 0.389 e. The fourth-order valence-corrected chi connectivity index (χ4v) is 1.64. The molecule has 0 atom stereocenters. The zero-order chi connectivity index (χ0) is 12.9. The molecule has 0 aromatic rings. The minimum Gasteiger partial charge on any atom is -0.389 e. The summed E-state index contributed by atoms with van der Waals surface area (Å²) in [6.45, 7) is 7.23. The molecule has 1 saturated heterocycles. The lowest BCUT2D eigenvalue weighted by molar-refractivity contribution is -0.117. The van der Waals surface area contributed by atoms with E-state index in [0.717, 1.165) is 26.1 Å². The first-order valence-electron chi connectivity index (χ1n) is 6.08. The molecule has 0 aliphatic carbocycles. The monoisotopic (exact) mass is 241 g/mol. The standard InChI is InChI=1S/C13H23NO3/c1-12(2,16)10-14-11(15)4-5-13(3)6-8-17-9-7-13/h4-5,16H,6-10H2,1-3H3,(H,14,15). The highest BCUT2D eigenvalue weighted by atomic mass is 16.5. The maximum absolute atomic E-state index is 11.5. The number of allylic oxidation sites excluding steroid dienone is 1. The molecule has 0 spiro atoms. The van der Waals surface area contributed by atoms with E-state index in [0.29, 0.717) is 0 Å². The van der Waals surface area contributed by atoms with Gasteiger partial charge in [-0.2, -0.15) is 0 Å². The van der Waals surface area contributed by atoms with Crippen LogP contribution in [0.4, 0.5) is 0 Å². The van der Waals surface area contributed by atoms with Crippen LogP contribution in [0.15, 0.2) is 12.2 Å². The average molecular weight is 241 g/mol. The first-order chi connectivity index (χ1) is 7.81. The minimum absolute atomic E-state index is 0.0598. The van der Waals surface area contributed by atoms with E-state index in [2.05, 4.69) is 12.2 Å². The molecular weight excluding hydrogens is 218 g/mol. The molecule has 0 bridgehead atoms. The first-order valence-corrected chi connectivity index (χ1v) is 6.08. The number of hydrogen-bond donors (Lipinski definition) is 2. The molecule has 1 amide bonds. The molecule has 1 rings (SSSR count). The molecule has 0 radical (unpaired) electrons. The number of amides is 1. The normalized spacial score (nSPS) is 20.5. The molecular formula is C13H23NO3. The SMILES string of the molecule is CC(C)(O)CNC(=O)C=CC1(C)CCOCC1. The molecule has 4 heteroatoms. The van der Waals surface area contributed by atoms with Crippen molar-refractivity contribution in [2.75, 3.05) is 19.8 Å². The van der Waals surface area contributed by atoms with Crippen LogP contribution in [0.3, 0.4) is 0 Å². The van der Waals surface area contributed by atoms with Gasteiger partial charge in [0.1, 0.15) is 0 Å². The molecule has 1 aliphatic rings. The number of hydrogen-bond acceptors (Lipinski definition) is 3. The van der Waals surface area contributed by atoms with Gasteiger partial charge in [0.15, 0.2) is 0 Å². The Bertz CT molecular complexity index is 286. The van der Waals surface area contributed by atoms with Crippen LogP contribution in [0.1, 0.15) is 33.6 Å². The van der Waals surface area contributed by atoms with Crippen molar-refractivity contribution in [2.45, 2.75) is 39.2 Å². The summed E-state index contributed by atoms with van der Waals surface area (Å²) in [5, 5.41) is 12.2. The highest BCUT2D eigenvalue weighted by molar-refractivity contribution is 5.87. The van der Waals surface area contributed by atoms with Crippen LogP contribution in [0.5, 0.6) is 0 Å². The van der Waals surface area contributed by atoms with Crippen LogP contribution < -0.4 is 5.32 Å². The third-order valence-corrected chi connectivity index (χ3v) is 2.97. The molecule has 17 heavy (non-hydrogen) atoms.